The van der Waals surface area contributed by atoms with Gasteiger partial charge in [0.05, 0.1) is 24.8 Å². The van der Waals surface area contributed by atoms with E-state index in [2.05, 4.69) is 43.4 Å². The van der Waals surface area contributed by atoms with Crippen LogP contribution in [-0.4, -0.2) is 60.2 Å². The number of amides is 3. The zero-order chi connectivity index (χ0) is 23.1. The van der Waals surface area contributed by atoms with Crippen molar-refractivity contribution in [3.05, 3.63) is 69.8 Å². The Kier molecular flexibility index (Phi) is 7.92. The molecule has 166 valence electrons. The molecule has 3 aromatic rings. The second kappa shape index (κ2) is 10.8. The van der Waals surface area contributed by atoms with Gasteiger partial charge in [0.25, 0.3) is 5.91 Å². The maximum atomic E-state index is 12.9. The predicted octanol–water partition coefficient (Wildman–Crippen LogP) is 2.89. The Morgan fingerprint density at radius 1 is 1.25 bits per heavy atom. The van der Waals surface area contributed by atoms with Crippen LogP contribution in [0.3, 0.4) is 0 Å². The summed E-state index contributed by atoms with van der Waals surface area (Å²) in [6, 6.07) is 12.5. The van der Waals surface area contributed by atoms with E-state index in [-0.39, 0.29) is 25.1 Å². The molecule has 1 aromatic heterocycles. The SMILES string of the molecule is CNC(=O)N(C)CC#Cc1ccc(Br)c(C(=O)N[C@@H](CO)Cc2c[nH]c3ccccc23)c1. The second-order valence-corrected chi connectivity index (χ2v) is 8.18. The Hall–Kier alpha value is -3.28. The third kappa shape index (κ3) is 5.69. The standard InChI is InChI=1S/C24H25BrN4O3/c1-26-24(32)29(2)11-5-6-16-9-10-21(25)20(12-16)23(31)28-18(15-30)13-17-14-27-22-8-4-3-7-19(17)22/h3-4,7-10,12,14,18,27,30H,11,13,15H2,1-2H3,(H,26,32)(H,28,31)/t18-/m1/s1. The van der Waals surface area contributed by atoms with Crippen molar-refractivity contribution in [2.75, 3.05) is 27.2 Å². The summed E-state index contributed by atoms with van der Waals surface area (Å²) in [5.74, 6) is 5.60. The lowest BCUT2D eigenvalue weighted by Crippen LogP contribution is -2.39. The highest BCUT2D eigenvalue weighted by Crippen LogP contribution is 2.21. The van der Waals surface area contributed by atoms with E-state index in [1.54, 1.807) is 32.3 Å². The molecule has 1 heterocycles. The van der Waals surface area contributed by atoms with E-state index in [1.807, 2.05) is 30.5 Å². The number of H-pyrrole nitrogens is 1. The number of benzene rings is 2. The summed E-state index contributed by atoms with van der Waals surface area (Å²) in [6.07, 6.45) is 2.40. The molecule has 32 heavy (non-hydrogen) atoms. The smallest absolute Gasteiger partial charge is 0.317 e. The van der Waals surface area contributed by atoms with E-state index in [0.29, 0.717) is 22.0 Å². The van der Waals surface area contributed by atoms with Crippen molar-refractivity contribution in [1.29, 1.82) is 0 Å². The van der Waals surface area contributed by atoms with Crippen molar-refractivity contribution in [1.82, 2.24) is 20.5 Å². The summed E-state index contributed by atoms with van der Waals surface area (Å²) >= 11 is 3.42. The van der Waals surface area contributed by atoms with Gasteiger partial charge in [0.1, 0.15) is 0 Å². The Morgan fingerprint density at radius 3 is 2.78 bits per heavy atom. The first-order valence-corrected chi connectivity index (χ1v) is 10.9. The van der Waals surface area contributed by atoms with Gasteiger partial charge in [-0.1, -0.05) is 30.0 Å². The quantitative estimate of drug-likeness (QED) is 0.395. The first-order chi connectivity index (χ1) is 15.4. The van der Waals surface area contributed by atoms with Crippen molar-refractivity contribution >= 4 is 38.8 Å². The van der Waals surface area contributed by atoms with Crippen molar-refractivity contribution < 1.29 is 14.7 Å². The largest absolute Gasteiger partial charge is 0.394 e. The minimum absolute atomic E-state index is 0.186. The lowest BCUT2D eigenvalue weighted by Gasteiger charge is -2.17. The van der Waals surface area contributed by atoms with Crippen LogP contribution < -0.4 is 10.6 Å². The Balaban J connectivity index is 1.71. The van der Waals surface area contributed by atoms with Crippen LogP contribution in [0.1, 0.15) is 21.5 Å². The van der Waals surface area contributed by atoms with Crippen LogP contribution in [0.4, 0.5) is 4.79 Å². The number of carbonyl (C=O) groups excluding carboxylic acids is 2. The van der Waals surface area contributed by atoms with E-state index in [1.165, 1.54) is 4.90 Å². The van der Waals surface area contributed by atoms with Gasteiger partial charge < -0.3 is 25.6 Å². The highest BCUT2D eigenvalue weighted by atomic mass is 79.9. The summed E-state index contributed by atoms with van der Waals surface area (Å²) in [6.45, 7) is 0.0721. The van der Waals surface area contributed by atoms with Gasteiger partial charge >= 0.3 is 6.03 Å². The number of halogens is 1. The minimum atomic E-state index is -0.440. The fourth-order valence-corrected chi connectivity index (χ4v) is 3.72. The Bertz CT molecular complexity index is 1180. The Morgan fingerprint density at radius 2 is 2.03 bits per heavy atom. The minimum Gasteiger partial charge on any atom is -0.394 e. The number of hydrogen-bond donors (Lipinski definition) is 4. The topological polar surface area (TPSA) is 97.5 Å². The number of carbonyl (C=O) groups is 2. The van der Waals surface area contributed by atoms with Crippen LogP contribution >= 0.6 is 15.9 Å². The van der Waals surface area contributed by atoms with Crippen molar-refractivity contribution in [3.8, 4) is 11.8 Å². The normalized spacial score (nSPS) is 11.4. The summed E-state index contributed by atoms with van der Waals surface area (Å²) < 4.78 is 0.631. The molecule has 0 aliphatic heterocycles. The molecule has 0 aliphatic carbocycles. The lowest BCUT2D eigenvalue weighted by atomic mass is 10.0. The van der Waals surface area contributed by atoms with E-state index in [9.17, 15) is 14.7 Å². The van der Waals surface area contributed by atoms with Crippen LogP contribution in [-0.2, 0) is 6.42 Å². The monoisotopic (exact) mass is 496 g/mol. The maximum absolute atomic E-state index is 12.9. The average Bonchev–Trinajstić information content (AvgIpc) is 3.21. The summed E-state index contributed by atoms with van der Waals surface area (Å²) in [5.41, 5.74) is 3.12. The summed E-state index contributed by atoms with van der Waals surface area (Å²) in [4.78, 5) is 29.1. The molecule has 0 aliphatic rings. The number of fused-ring (bicyclic) bond motifs is 1. The maximum Gasteiger partial charge on any atom is 0.317 e. The fraction of sp³-hybridized carbons (Fsp3) is 0.250. The molecule has 0 unspecified atom stereocenters. The van der Waals surface area contributed by atoms with Gasteiger partial charge in [0.15, 0.2) is 0 Å². The highest BCUT2D eigenvalue weighted by Gasteiger charge is 2.17. The van der Waals surface area contributed by atoms with Crippen LogP contribution in [0.5, 0.6) is 0 Å². The van der Waals surface area contributed by atoms with Gasteiger partial charge in [-0.2, -0.15) is 0 Å². The molecule has 0 saturated heterocycles. The molecule has 3 rings (SSSR count). The van der Waals surface area contributed by atoms with Gasteiger partial charge in [-0.15, -0.1) is 0 Å². The number of rotatable bonds is 6. The van der Waals surface area contributed by atoms with Crippen molar-refractivity contribution in [2.24, 2.45) is 0 Å². The summed E-state index contributed by atoms with van der Waals surface area (Å²) in [5, 5.41) is 16.4. The molecule has 0 radical (unpaired) electrons. The van der Waals surface area contributed by atoms with Gasteiger partial charge in [0, 0.05) is 41.2 Å². The zero-order valence-electron chi connectivity index (χ0n) is 17.9. The van der Waals surface area contributed by atoms with E-state index in [4.69, 9.17) is 0 Å². The number of urea groups is 1. The van der Waals surface area contributed by atoms with Crippen molar-refractivity contribution in [3.63, 3.8) is 0 Å². The fourth-order valence-electron chi connectivity index (χ4n) is 3.29. The zero-order valence-corrected chi connectivity index (χ0v) is 19.5. The molecule has 8 heteroatoms. The highest BCUT2D eigenvalue weighted by molar-refractivity contribution is 9.10. The first-order valence-electron chi connectivity index (χ1n) is 10.1. The number of aliphatic hydroxyl groups is 1. The number of aliphatic hydroxyl groups excluding tert-OH is 1. The van der Waals surface area contributed by atoms with Gasteiger partial charge in [-0.05, 0) is 52.2 Å². The first kappa shape index (κ1) is 23.4. The van der Waals surface area contributed by atoms with Gasteiger partial charge in [-0.3, -0.25) is 4.79 Å². The molecule has 7 nitrogen and oxygen atoms in total. The average molecular weight is 497 g/mol. The van der Waals surface area contributed by atoms with E-state index in [0.717, 1.165) is 16.5 Å². The number of nitrogens with one attached hydrogen (secondary N) is 3. The van der Waals surface area contributed by atoms with Crippen LogP contribution in [0, 0.1) is 11.8 Å². The Labute approximate surface area is 195 Å². The van der Waals surface area contributed by atoms with Crippen LogP contribution in [0.2, 0.25) is 0 Å². The third-order valence-corrected chi connectivity index (χ3v) is 5.71. The summed E-state index contributed by atoms with van der Waals surface area (Å²) in [7, 11) is 3.21. The lowest BCUT2D eigenvalue weighted by molar-refractivity contribution is 0.0915. The molecule has 3 amide bonds. The molecular weight excluding hydrogens is 472 g/mol. The molecular formula is C24H25BrN4O3. The molecule has 0 fully saturated rings. The number of aromatic amines is 1. The number of nitrogens with zero attached hydrogens (tertiary/aromatic N) is 1. The van der Waals surface area contributed by atoms with Gasteiger partial charge in [-0.25, -0.2) is 4.79 Å². The van der Waals surface area contributed by atoms with Crippen molar-refractivity contribution in [2.45, 2.75) is 12.5 Å². The molecule has 4 N–H and O–H groups in total. The van der Waals surface area contributed by atoms with Gasteiger partial charge in [0.2, 0.25) is 0 Å². The number of aromatic nitrogens is 1. The van der Waals surface area contributed by atoms with Crippen LogP contribution in [0.25, 0.3) is 10.9 Å². The van der Waals surface area contributed by atoms with Crippen LogP contribution in [0.15, 0.2) is 53.1 Å². The molecule has 0 bridgehead atoms. The van der Waals surface area contributed by atoms with E-state index < -0.39 is 6.04 Å². The molecule has 1 atom stereocenters. The number of para-hydroxylation sites is 1. The molecule has 0 saturated carbocycles. The molecule has 0 spiro atoms. The predicted molar refractivity (Wildman–Crippen MR) is 128 cm³/mol. The third-order valence-electron chi connectivity index (χ3n) is 5.02. The number of hydrogen-bond acceptors (Lipinski definition) is 3. The second-order valence-electron chi connectivity index (χ2n) is 7.32. The molecule has 2 aromatic carbocycles. The van der Waals surface area contributed by atoms with E-state index >= 15 is 0 Å².